The zero-order valence-corrected chi connectivity index (χ0v) is 7.28. The summed E-state index contributed by atoms with van der Waals surface area (Å²) in [4.78, 5) is 4.13. The van der Waals surface area contributed by atoms with Gasteiger partial charge in [-0.25, -0.2) is 0 Å². The van der Waals surface area contributed by atoms with Crippen molar-refractivity contribution in [1.82, 2.24) is 15.2 Å². The average Bonchev–Trinajstić information content (AvgIpc) is 2.53. The smallest absolute Gasteiger partial charge is 0.246 e. The van der Waals surface area contributed by atoms with E-state index in [1.165, 1.54) is 0 Å². The summed E-state index contributed by atoms with van der Waals surface area (Å²) in [5.41, 5.74) is 0.988. The lowest BCUT2D eigenvalue weighted by Crippen LogP contribution is -1.91. The van der Waals surface area contributed by atoms with E-state index in [4.69, 9.17) is 0 Å². The van der Waals surface area contributed by atoms with Crippen LogP contribution in [0.2, 0.25) is 0 Å². The topological polar surface area (TPSA) is 53.6 Å². The van der Waals surface area contributed by atoms with Crippen LogP contribution in [0.4, 0.5) is 11.6 Å². The van der Waals surface area contributed by atoms with Crippen LogP contribution in [0, 0.1) is 6.92 Å². The molecule has 2 rings (SSSR count). The first-order valence-corrected chi connectivity index (χ1v) is 4.06. The van der Waals surface area contributed by atoms with Gasteiger partial charge in [-0.1, -0.05) is 18.2 Å². The van der Waals surface area contributed by atoms with Crippen molar-refractivity contribution in [2.24, 2.45) is 0 Å². The highest BCUT2D eigenvalue weighted by atomic mass is 15.3. The highest BCUT2D eigenvalue weighted by molar-refractivity contribution is 5.52. The molecule has 0 spiro atoms. The number of aromatic amines is 1. The van der Waals surface area contributed by atoms with Crippen molar-refractivity contribution in [3.05, 3.63) is 36.2 Å². The molecule has 0 saturated carbocycles. The van der Waals surface area contributed by atoms with E-state index in [0.717, 1.165) is 11.5 Å². The molecule has 1 aromatic heterocycles. The summed E-state index contributed by atoms with van der Waals surface area (Å²) in [7, 11) is 0. The highest BCUT2D eigenvalue weighted by Gasteiger charge is 1.97. The number of H-pyrrole nitrogens is 1. The van der Waals surface area contributed by atoms with Gasteiger partial charge < -0.3 is 5.32 Å². The van der Waals surface area contributed by atoms with Crippen molar-refractivity contribution in [3.63, 3.8) is 0 Å². The third-order valence-corrected chi connectivity index (χ3v) is 1.63. The second-order valence-corrected chi connectivity index (χ2v) is 2.74. The Balaban J connectivity index is 2.15. The van der Waals surface area contributed by atoms with Gasteiger partial charge in [0.2, 0.25) is 5.95 Å². The second kappa shape index (κ2) is 3.26. The quantitative estimate of drug-likeness (QED) is 0.730. The monoisotopic (exact) mass is 174 g/mol. The van der Waals surface area contributed by atoms with Gasteiger partial charge in [0.1, 0.15) is 5.82 Å². The van der Waals surface area contributed by atoms with Crippen molar-refractivity contribution in [2.75, 3.05) is 5.32 Å². The molecule has 0 bridgehead atoms. The third kappa shape index (κ3) is 1.84. The van der Waals surface area contributed by atoms with Gasteiger partial charge in [0.05, 0.1) is 0 Å². The number of nitrogens with zero attached hydrogens (tertiary/aromatic N) is 2. The molecular weight excluding hydrogens is 164 g/mol. The molecule has 0 saturated heterocycles. The normalized spacial score (nSPS) is 9.92. The van der Waals surface area contributed by atoms with Crippen molar-refractivity contribution in [3.8, 4) is 0 Å². The number of aryl methyl sites for hydroxylation is 1. The summed E-state index contributed by atoms with van der Waals surface area (Å²) in [5.74, 6) is 1.40. The van der Waals surface area contributed by atoms with Gasteiger partial charge >= 0.3 is 0 Å². The van der Waals surface area contributed by atoms with Crippen LogP contribution in [0.3, 0.4) is 0 Å². The Morgan fingerprint density at radius 1 is 1.23 bits per heavy atom. The Kier molecular flexibility index (Phi) is 1.96. The lowest BCUT2D eigenvalue weighted by Gasteiger charge is -1.98. The highest BCUT2D eigenvalue weighted by Crippen LogP contribution is 2.10. The largest absolute Gasteiger partial charge is 0.323 e. The SMILES string of the molecule is Cc1nc(Nc2ccccc2)n[nH]1. The Hall–Kier alpha value is -1.84. The molecule has 0 aliphatic heterocycles. The summed E-state index contributed by atoms with van der Waals surface area (Å²) in [6.07, 6.45) is 0. The van der Waals surface area contributed by atoms with Crippen LogP contribution in [-0.2, 0) is 0 Å². The van der Waals surface area contributed by atoms with E-state index in [1.54, 1.807) is 0 Å². The first-order chi connectivity index (χ1) is 6.34. The minimum Gasteiger partial charge on any atom is -0.323 e. The molecule has 0 unspecified atom stereocenters. The molecule has 4 nitrogen and oxygen atoms in total. The Labute approximate surface area is 76.0 Å². The van der Waals surface area contributed by atoms with Gasteiger partial charge in [-0.3, -0.25) is 5.10 Å². The summed E-state index contributed by atoms with van der Waals surface area (Å²) in [6.45, 7) is 1.86. The standard InChI is InChI=1S/C9H10N4/c1-7-10-9(13-12-7)11-8-5-3-2-4-6-8/h2-6H,1H3,(H2,10,11,12,13). The number of para-hydroxylation sites is 1. The molecule has 13 heavy (non-hydrogen) atoms. The van der Waals surface area contributed by atoms with Gasteiger partial charge in [0.15, 0.2) is 0 Å². The Morgan fingerprint density at radius 2 is 2.00 bits per heavy atom. The molecule has 0 atom stereocenters. The zero-order chi connectivity index (χ0) is 9.10. The molecule has 0 aliphatic rings. The van der Waals surface area contributed by atoms with Gasteiger partial charge in [0, 0.05) is 5.69 Å². The maximum Gasteiger partial charge on any atom is 0.246 e. The van der Waals surface area contributed by atoms with Crippen LogP contribution in [-0.4, -0.2) is 15.2 Å². The van der Waals surface area contributed by atoms with E-state index in [2.05, 4.69) is 20.5 Å². The van der Waals surface area contributed by atoms with Crippen LogP contribution >= 0.6 is 0 Å². The molecule has 0 aliphatic carbocycles. The summed E-state index contributed by atoms with van der Waals surface area (Å²) in [5, 5.41) is 9.80. The molecule has 2 N–H and O–H groups in total. The fraction of sp³-hybridized carbons (Fsp3) is 0.111. The molecule has 1 aromatic carbocycles. The van der Waals surface area contributed by atoms with Crippen LogP contribution in [0.1, 0.15) is 5.82 Å². The van der Waals surface area contributed by atoms with E-state index >= 15 is 0 Å². The Morgan fingerprint density at radius 3 is 2.62 bits per heavy atom. The maximum absolute atomic E-state index is 4.13. The first-order valence-electron chi connectivity index (χ1n) is 4.06. The number of anilines is 2. The molecule has 1 heterocycles. The van der Waals surface area contributed by atoms with E-state index in [-0.39, 0.29) is 0 Å². The van der Waals surface area contributed by atoms with Crippen molar-refractivity contribution in [2.45, 2.75) is 6.92 Å². The van der Waals surface area contributed by atoms with Crippen molar-refractivity contribution in [1.29, 1.82) is 0 Å². The fourth-order valence-electron chi connectivity index (χ4n) is 1.05. The summed E-state index contributed by atoms with van der Waals surface area (Å²) >= 11 is 0. The summed E-state index contributed by atoms with van der Waals surface area (Å²) < 4.78 is 0. The minimum absolute atomic E-state index is 0.601. The van der Waals surface area contributed by atoms with Crippen molar-refractivity contribution < 1.29 is 0 Å². The fourth-order valence-corrected chi connectivity index (χ4v) is 1.05. The predicted octanol–water partition coefficient (Wildman–Crippen LogP) is 1.86. The van der Waals surface area contributed by atoms with E-state index in [9.17, 15) is 0 Å². The molecule has 0 radical (unpaired) electrons. The van der Waals surface area contributed by atoms with E-state index in [0.29, 0.717) is 5.95 Å². The number of hydrogen-bond acceptors (Lipinski definition) is 3. The maximum atomic E-state index is 4.13. The molecule has 2 aromatic rings. The second-order valence-electron chi connectivity index (χ2n) is 2.74. The molecule has 4 heteroatoms. The minimum atomic E-state index is 0.601. The number of nitrogens with one attached hydrogen (secondary N) is 2. The molecule has 0 amide bonds. The predicted molar refractivity (Wildman–Crippen MR) is 50.8 cm³/mol. The number of benzene rings is 1. The van der Waals surface area contributed by atoms with Gasteiger partial charge in [-0.2, -0.15) is 4.98 Å². The molecule has 66 valence electrons. The van der Waals surface area contributed by atoms with Gasteiger partial charge in [0.25, 0.3) is 0 Å². The van der Waals surface area contributed by atoms with Crippen LogP contribution in [0.15, 0.2) is 30.3 Å². The zero-order valence-electron chi connectivity index (χ0n) is 7.28. The van der Waals surface area contributed by atoms with Crippen LogP contribution < -0.4 is 5.32 Å². The number of rotatable bonds is 2. The lowest BCUT2D eigenvalue weighted by molar-refractivity contribution is 1.04. The summed E-state index contributed by atoms with van der Waals surface area (Å²) in [6, 6.07) is 9.81. The van der Waals surface area contributed by atoms with E-state index < -0.39 is 0 Å². The number of hydrogen-bond donors (Lipinski definition) is 2. The molecular formula is C9H10N4. The van der Waals surface area contributed by atoms with Crippen molar-refractivity contribution >= 4 is 11.6 Å². The Bertz CT molecular complexity index is 380. The lowest BCUT2D eigenvalue weighted by atomic mass is 10.3. The number of aromatic nitrogens is 3. The third-order valence-electron chi connectivity index (χ3n) is 1.63. The van der Waals surface area contributed by atoms with Crippen LogP contribution in [0.25, 0.3) is 0 Å². The van der Waals surface area contributed by atoms with Gasteiger partial charge in [-0.15, -0.1) is 5.10 Å². The van der Waals surface area contributed by atoms with E-state index in [1.807, 2.05) is 37.3 Å². The van der Waals surface area contributed by atoms with Crippen LogP contribution in [0.5, 0.6) is 0 Å². The first kappa shape index (κ1) is 7.79. The van der Waals surface area contributed by atoms with Gasteiger partial charge in [-0.05, 0) is 19.1 Å². The average molecular weight is 174 g/mol. The molecule has 0 fully saturated rings.